The van der Waals surface area contributed by atoms with E-state index < -0.39 is 6.09 Å². The standard InChI is InChI=1S/C26H32N6O3/c33-23(18-21-7-13-31-15-11-28-24(21)31)27-10-6-20-4-1-3-19(17-20)5-2-9-30-26(34)35-22-8-14-32-16-12-29-25(22)32/h1,3-4,11-12,15-17,21-22H,2,5-10,13-14,18H2,(H,27,33)(H,30,34)/t21-,22+/m0/s1. The van der Waals surface area contributed by atoms with Gasteiger partial charge in [0.1, 0.15) is 11.6 Å². The van der Waals surface area contributed by atoms with Crippen LogP contribution in [0, 0.1) is 0 Å². The summed E-state index contributed by atoms with van der Waals surface area (Å²) in [6, 6.07) is 8.41. The van der Waals surface area contributed by atoms with Crippen molar-refractivity contribution in [3.63, 3.8) is 0 Å². The maximum absolute atomic E-state index is 12.4. The van der Waals surface area contributed by atoms with Crippen LogP contribution in [0.3, 0.4) is 0 Å². The molecule has 0 saturated heterocycles. The van der Waals surface area contributed by atoms with Crippen LogP contribution in [0.5, 0.6) is 0 Å². The first kappa shape index (κ1) is 23.1. The molecule has 1 aromatic carbocycles. The number of benzene rings is 1. The predicted molar refractivity (Wildman–Crippen MR) is 130 cm³/mol. The second-order valence-corrected chi connectivity index (χ2v) is 9.28. The number of ether oxygens (including phenoxy) is 1. The highest BCUT2D eigenvalue weighted by molar-refractivity contribution is 5.76. The monoisotopic (exact) mass is 476 g/mol. The zero-order chi connectivity index (χ0) is 24.0. The van der Waals surface area contributed by atoms with E-state index in [1.54, 1.807) is 12.4 Å². The number of alkyl carbamates (subject to hydrolysis) is 1. The minimum Gasteiger partial charge on any atom is -0.438 e. The lowest BCUT2D eigenvalue weighted by atomic mass is 10.0. The first-order valence-corrected chi connectivity index (χ1v) is 12.5. The maximum atomic E-state index is 12.4. The third kappa shape index (κ3) is 5.72. The van der Waals surface area contributed by atoms with Crippen molar-refractivity contribution < 1.29 is 14.3 Å². The van der Waals surface area contributed by atoms with E-state index in [0.717, 1.165) is 56.8 Å². The van der Waals surface area contributed by atoms with Crippen LogP contribution in [-0.2, 0) is 35.5 Å². The Kier molecular flexibility index (Phi) is 7.11. The molecule has 0 spiro atoms. The highest BCUT2D eigenvalue weighted by atomic mass is 16.6. The topological polar surface area (TPSA) is 103 Å². The van der Waals surface area contributed by atoms with Crippen molar-refractivity contribution in [2.45, 2.75) is 63.6 Å². The molecule has 2 N–H and O–H groups in total. The van der Waals surface area contributed by atoms with Crippen LogP contribution < -0.4 is 10.6 Å². The van der Waals surface area contributed by atoms with Crippen LogP contribution in [0.2, 0.25) is 0 Å². The lowest BCUT2D eigenvalue weighted by Gasteiger charge is -2.12. The van der Waals surface area contributed by atoms with Gasteiger partial charge in [-0.3, -0.25) is 4.79 Å². The predicted octanol–water partition coefficient (Wildman–Crippen LogP) is 3.12. The van der Waals surface area contributed by atoms with E-state index in [1.807, 2.05) is 17.0 Å². The number of hydrogen-bond acceptors (Lipinski definition) is 5. The smallest absolute Gasteiger partial charge is 0.407 e. The molecule has 0 unspecified atom stereocenters. The summed E-state index contributed by atoms with van der Waals surface area (Å²) >= 11 is 0. The minimum absolute atomic E-state index is 0.0853. The molecule has 5 rings (SSSR count). The Hall–Kier alpha value is -3.62. The van der Waals surface area contributed by atoms with E-state index in [4.69, 9.17) is 4.74 Å². The zero-order valence-corrected chi connectivity index (χ0v) is 19.9. The van der Waals surface area contributed by atoms with Crippen LogP contribution in [0.4, 0.5) is 4.79 Å². The van der Waals surface area contributed by atoms with Gasteiger partial charge in [-0.1, -0.05) is 24.3 Å². The molecule has 2 aromatic heterocycles. The fraction of sp³-hybridized carbons (Fsp3) is 0.462. The van der Waals surface area contributed by atoms with E-state index in [0.29, 0.717) is 19.5 Å². The molecule has 35 heavy (non-hydrogen) atoms. The van der Waals surface area contributed by atoms with E-state index in [2.05, 4.69) is 49.4 Å². The molecule has 0 radical (unpaired) electrons. The Morgan fingerprint density at radius 2 is 1.69 bits per heavy atom. The number of carbonyl (C=O) groups excluding carboxylic acids is 2. The highest BCUT2D eigenvalue weighted by Crippen LogP contribution is 2.29. The van der Waals surface area contributed by atoms with Crippen molar-refractivity contribution in [1.29, 1.82) is 0 Å². The average molecular weight is 477 g/mol. The molecule has 0 saturated carbocycles. The van der Waals surface area contributed by atoms with Gasteiger partial charge in [0, 0.05) is 69.7 Å². The Morgan fingerprint density at radius 1 is 0.943 bits per heavy atom. The number of imidazole rings is 2. The molecule has 3 aromatic rings. The van der Waals surface area contributed by atoms with Crippen molar-refractivity contribution in [3.05, 3.63) is 71.8 Å². The molecule has 2 aliphatic heterocycles. The van der Waals surface area contributed by atoms with Gasteiger partial charge in [-0.15, -0.1) is 0 Å². The van der Waals surface area contributed by atoms with Gasteiger partial charge in [0.25, 0.3) is 0 Å². The van der Waals surface area contributed by atoms with Gasteiger partial charge in [0.05, 0.1) is 0 Å². The number of carbonyl (C=O) groups is 2. The average Bonchev–Trinajstić information content (AvgIpc) is 3.62. The lowest BCUT2D eigenvalue weighted by molar-refractivity contribution is -0.121. The number of aryl methyl sites for hydroxylation is 3. The van der Waals surface area contributed by atoms with Crippen LogP contribution in [0.1, 0.15) is 60.5 Å². The number of hydrogen-bond donors (Lipinski definition) is 2. The molecule has 2 amide bonds. The van der Waals surface area contributed by atoms with Gasteiger partial charge in [0.2, 0.25) is 5.91 Å². The second-order valence-electron chi connectivity index (χ2n) is 9.28. The van der Waals surface area contributed by atoms with Crippen molar-refractivity contribution in [2.24, 2.45) is 0 Å². The van der Waals surface area contributed by atoms with Crippen LogP contribution in [0.15, 0.2) is 49.1 Å². The summed E-state index contributed by atoms with van der Waals surface area (Å²) in [5.74, 6) is 2.16. The number of aromatic nitrogens is 4. The van der Waals surface area contributed by atoms with Crippen LogP contribution in [-0.4, -0.2) is 44.2 Å². The lowest BCUT2D eigenvalue weighted by Crippen LogP contribution is -2.27. The molecule has 0 aliphatic carbocycles. The van der Waals surface area contributed by atoms with Gasteiger partial charge < -0.3 is 24.5 Å². The number of amides is 2. The fourth-order valence-electron chi connectivity index (χ4n) is 5.02. The largest absolute Gasteiger partial charge is 0.438 e. The summed E-state index contributed by atoms with van der Waals surface area (Å²) in [4.78, 5) is 33.1. The maximum Gasteiger partial charge on any atom is 0.407 e. The SMILES string of the molecule is O=C(C[C@@H]1CCn2ccnc21)NCCc1cccc(CCCNC(=O)O[C@@H]2CCn3ccnc32)c1. The van der Waals surface area contributed by atoms with E-state index in [9.17, 15) is 9.59 Å². The summed E-state index contributed by atoms with van der Waals surface area (Å²) in [5, 5.41) is 5.90. The molecule has 9 nitrogen and oxygen atoms in total. The van der Waals surface area contributed by atoms with Crippen LogP contribution in [0.25, 0.3) is 0 Å². The zero-order valence-electron chi connectivity index (χ0n) is 19.9. The number of fused-ring (bicyclic) bond motifs is 2. The van der Waals surface area contributed by atoms with E-state index >= 15 is 0 Å². The normalized spacial score (nSPS) is 18.2. The summed E-state index contributed by atoms with van der Waals surface area (Å²) in [6.07, 6.45) is 11.5. The highest BCUT2D eigenvalue weighted by Gasteiger charge is 2.27. The van der Waals surface area contributed by atoms with Gasteiger partial charge in [0.15, 0.2) is 6.10 Å². The Labute approximate surface area is 204 Å². The Balaban J connectivity index is 0.980. The third-order valence-electron chi connectivity index (χ3n) is 6.82. The number of nitrogens with one attached hydrogen (secondary N) is 2. The molecular formula is C26H32N6O3. The molecule has 184 valence electrons. The Morgan fingerprint density at radius 3 is 2.54 bits per heavy atom. The molecular weight excluding hydrogens is 444 g/mol. The van der Waals surface area contributed by atoms with E-state index in [1.165, 1.54) is 11.1 Å². The van der Waals surface area contributed by atoms with Crippen LogP contribution >= 0.6 is 0 Å². The molecule has 2 aliphatic rings. The molecule has 0 fully saturated rings. The molecule has 9 heteroatoms. The summed E-state index contributed by atoms with van der Waals surface area (Å²) in [5.41, 5.74) is 2.42. The first-order chi connectivity index (χ1) is 17.2. The van der Waals surface area contributed by atoms with Gasteiger partial charge >= 0.3 is 6.09 Å². The molecule has 0 bridgehead atoms. The molecule has 2 atom stereocenters. The van der Waals surface area contributed by atoms with Gasteiger partial charge in [-0.25, -0.2) is 14.8 Å². The quantitative estimate of drug-likeness (QED) is 0.438. The van der Waals surface area contributed by atoms with Crippen molar-refractivity contribution in [3.8, 4) is 0 Å². The fourth-order valence-corrected chi connectivity index (χ4v) is 5.02. The summed E-state index contributed by atoms with van der Waals surface area (Å²) < 4.78 is 9.66. The van der Waals surface area contributed by atoms with Gasteiger partial charge in [-0.05, 0) is 36.8 Å². The first-order valence-electron chi connectivity index (χ1n) is 12.5. The number of rotatable bonds is 10. The Bertz CT molecular complexity index is 1170. The van der Waals surface area contributed by atoms with Crippen molar-refractivity contribution >= 4 is 12.0 Å². The van der Waals surface area contributed by atoms with E-state index in [-0.39, 0.29) is 17.9 Å². The minimum atomic E-state index is -0.391. The van der Waals surface area contributed by atoms with Gasteiger partial charge in [-0.2, -0.15) is 0 Å². The van der Waals surface area contributed by atoms with Crippen molar-refractivity contribution in [1.82, 2.24) is 29.7 Å². The summed E-state index contributed by atoms with van der Waals surface area (Å²) in [7, 11) is 0. The summed E-state index contributed by atoms with van der Waals surface area (Å²) in [6.45, 7) is 2.96. The second kappa shape index (κ2) is 10.8. The molecule has 4 heterocycles. The third-order valence-corrected chi connectivity index (χ3v) is 6.82. The number of nitrogens with zero attached hydrogens (tertiary/aromatic N) is 4. The van der Waals surface area contributed by atoms with Crippen molar-refractivity contribution in [2.75, 3.05) is 13.1 Å².